The van der Waals surface area contributed by atoms with E-state index in [9.17, 15) is 45.1 Å². The van der Waals surface area contributed by atoms with Crippen LogP contribution in [0.25, 0.3) is 16.7 Å². The van der Waals surface area contributed by atoms with Crippen LogP contribution in [0.1, 0.15) is 104 Å². The normalized spacial score (nSPS) is 18.8. The lowest BCUT2D eigenvalue weighted by Crippen LogP contribution is -2.53. The maximum Gasteiger partial charge on any atom is 0.334 e. The Hall–Kier alpha value is -5.97. The van der Waals surface area contributed by atoms with Crippen LogP contribution < -0.4 is 24.8 Å². The highest BCUT2D eigenvalue weighted by Crippen LogP contribution is 2.53. The van der Waals surface area contributed by atoms with Crippen LogP contribution >= 0.6 is 0 Å². The number of carbonyl (C=O) groups is 4. The van der Waals surface area contributed by atoms with Gasteiger partial charge in [-0.15, -0.1) is 5.06 Å². The zero-order valence-electron chi connectivity index (χ0n) is 37.4. The number of fused-ring (bicyclic) bond motifs is 4. The third-order valence-electron chi connectivity index (χ3n) is 13.3. The van der Waals surface area contributed by atoms with Crippen LogP contribution in [-0.4, -0.2) is 109 Å². The molecule has 3 amide bonds. The lowest BCUT2D eigenvalue weighted by atomic mass is 9.78. The molecular formula is C46H45F4N4O12S2+. The van der Waals surface area contributed by atoms with E-state index in [1.807, 2.05) is 37.2 Å². The maximum absolute atomic E-state index is 17.3. The molecule has 2 N–H and O–H groups in total. The smallest absolute Gasteiger partial charge is 0.334 e. The predicted molar refractivity (Wildman–Crippen MR) is 236 cm³/mol. The van der Waals surface area contributed by atoms with E-state index < -0.39 is 119 Å². The minimum absolute atomic E-state index is 0.0435. The van der Waals surface area contributed by atoms with E-state index in [2.05, 4.69) is 0 Å². The third-order valence-corrected chi connectivity index (χ3v) is 14.7. The lowest BCUT2D eigenvalue weighted by molar-refractivity contribution is -0.197. The molecule has 6 aliphatic heterocycles. The molecule has 0 bridgehead atoms. The Bertz CT molecular complexity index is 3300. The number of hydrogen-bond acceptors (Lipinski definition) is 11. The molecular weight excluding hydrogens is 941 g/mol. The third kappa shape index (κ3) is 7.77. The van der Waals surface area contributed by atoms with Crippen LogP contribution in [0.4, 0.5) is 23.2 Å². The minimum atomic E-state index is -4.72. The van der Waals surface area contributed by atoms with Crippen LogP contribution in [-0.2, 0) is 52.3 Å². The first-order chi connectivity index (χ1) is 31.7. The quantitative estimate of drug-likeness (QED) is 0.0577. The van der Waals surface area contributed by atoms with E-state index in [4.69, 9.17) is 9.57 Å². The topological polar surface area (TPSA) is 208 Å². The molecule has 68 heavy (non-hydrogen) atoms. The fraction of sp³-hybridized carbons (Fsp3) is 0.413. The van der Waals surface area contributed by atoms with Crippen LogP contribution in [0.2, 0.25) is 0 Å². The Morgan fingerprint density at radius 1 is 0.809 bits per heavy atom. The molecule has 0 aliphatic carbocycles. The number of anilines is 1. The van der Waals surface area contributed by atoms with Gasteiger partial charge in [0.05, 0.1) is 34.3 Å². The van der Waals surface area contributed by atoms with Crippen molar-refractivity contribution in [3.63, 3.8) is 0 Å². The van der Waals surface area contributed by atoms with Gasteiger partial charge < -0.3 is 19.4 Å². The molecule has 6 aliphatic rings. The van der Waals surface area contributed by atoms with Crippen LogP contribution in [0.5, 0.6) is 11.5 Å². The lowest BCUT2D eigenvalue weighted by Gasteiger charge is -2.47. The van der Waals surface area contributed by atoms with Gasteiger partial charge in [0.1, 0.15) is 29.5 Å². The second-order valence-electron chi connectivity index (χ2n) is 18.9. The molecule has 9 rings (SSSR count). The van der Waals surface area contributed by atoms with Gasteiger partial charge >= 0.3 is 5.97 Å². The van der Waals surface area contributed by atoms with Crippen LogP contribution in [0, 0.1) is 23.3 Å². The fourth-order valence-corrected chi connectivity index (χ4v) is 11.8. The number of nitrogens with zero attached hydrogens (tertiary/aromatic N) is 4. The van der Waals surface area contributed by atoms with E-state index in [1.165, 1.54) is 12.1 Å². The summed E-state index contributed by atoms with van der Waals surface area (Å²) in [6.45, 7) is 7.67. The van der Waals surface area contributed by atoms with Gasteiger partial charge in [-0.25, -0.2) is 26.9 Å². The van der Waals surface area contributed by atoms with Gasteiger partial charge in [-0.05, 0) is 62.5 Å². The number of benzene rings is 3. The van der Waals surface area contributed by atoms with Gasteiger partial charge in [-0.3, -0.25) is 23.5 Å². The van der Waals surface area contributed by atoms with Gasteiger partial charge in [0.25, 0.3) is 38.0 Å². The molecule has 0 unspecified atom stereocenters. The van der Waals surface area contributed by atoms with Crippen molar-refractivity contribution in [1.82, 2.24) is 14.5 Å². The highest BCUT2D eigenvalue weighted by molar-refractivity contribution is 7.86. The van der Waals surface area contributed by atoms with Crippen molar-refractivity contribution in [1.29, 1.82) is 0 Å². The summed E-state index contributed by atoms with van der Waals surface area (Å²) in [5, 5.41) is 0.651. The van der Waals surface area contributed by atoms with Crippen molar-refractivity contribution in [2.75, 3.05) is 43.1 Å². The fourth-order valence-electron chi connectivity index (χ4n) is 10.5. The summed E-state index contributed by atoms with van der Waals surface area (Å²) in [5.74, 6) is -14.7. The summed E-state index contributed by atoms with van der Waals surface area (Å²) in [6.07, 6.45) is 3.70. The first kappa shape index (κ1) is 47.1. The standard InChI is InChI=1S/C46H44F4N4O12S2/c1-45(2)18-22(20-67(59,60)61)26-16-28-33(34-35(37(48)39(50)38(49)36(34)47)44(58)51(5)15-12-32(57)66-54-30(55)10-11-31(54)56)29-17-27-23(21-68(62,63)64)19-46(3,4)53-14-7-9-25(41(27)53)43(29)65-42(28)24-8-6-13-52(45)40(24)26/h16-19H,6-15,20-21H2,1-5H3,(H-,59,60,61,62,63,64)/p+1. The molecule has 0 saturated carbocycles. The zero-order valence-corrected chi connectivity index (χ0v) is 39.0. The molecule has 0 atom stereocenters. The SMILES string of the molecule is CN(CCC(=O)ON1C(=O)CCC1=O)C(=O)c1c(F)c(F)c(F)c(F)c1C1=c2cc3c4c(c2Oc2c1cc1c5c2CCCN5C(C)(C)C=C1CS(=O)(=O)O)CCC[N+]=4C(C)(C)C=C3CS(=O)(=O)O. The van der Waals surface area contributed by atoms with Gasteiger partial charge in [-0.2, -0.15) is 16.8 Å². The van der Waals surface area contributed by atoms with Crippen molar-refractivity contribution in [3.05, 3.63) is 97.1 Å². The first-order valence-electron chi connectivity index (χ1n) is 21.7. The number of hydroxylamine groups is 2. The van der Waals surface area contributed by atoms with Gasteiger partial charge in [0.2, 0.25) is 5.36 Å². The van der Waals surface area contributed by atoms with Crippen LogP contribution in [0.15, 0.2) is 24.3 Å². The average Bonchev–Trinajstić information content (AvgIpc) is 3.56. The number of halogens is 4. The molecule has 0 spiro atoms. The molecule has 16 nitrogen and oxygen atoms in total. The molecule has 1 fully saturated rings. The van der Waals surface area contributed by atoms with E-state index in [1.54, 1.807) is 12.2 Å². The van der Waals surface area contributed by atoms with Crippen LogP contribution in [0.3, 0.4) is 0 Å². The summed E-state index contributed by atoms with van der Waals surface area (Å²) in [4.78, 5) is 59.1. The van der Waals surface area contributed by atoms with Crippen molar-refractivity contribution in [2.24, 2.45) is 0 Å². The summed E-state index contributed by atoms with van der Waals surface area (Å²) in [6, 6.07) is 2.78. The molecule has 0 radical (unpaired) electrons. The van der Waals surface area contributed by atoms with Crippen molar-refractivity contribution >= 4 is 66.3 Å². The second kappa shape index (κ2) is 16.1. The van der Waals surface area contributed by atoms with Gasteiger partial charge in [-0.1, -0.05) is 6.08 Å². The Morgan fingerprint density at radius 3 is 2.07 bits per heavy atom. The summed E-state index contributed by atoms with van der Waals surface area (Å²) in [5.41, 5.74) is -2.61. The van der Waals surface area contributed by atoms with E-state index in [-0.39, 0.29) is 75.3 Å². The monoisotopic (exact) mass is 985 g/mol. The van der Waals surface area contributed by atoms with Gasteiger partial charge in [0, 0.05) is 86.3 Å². The Morgan fingerprint density at radius 2 is 1.43 bits per heavy atom. The predicted octanol–water partition coefficient (Wildman–Crippen LogP) is 3.98. The highest BCUT2D eigenvalue weighted by atomic mass is 32.2. The summed E-state index contributed by atoms with van der Waals surface area (Å²) in [7, 11) is -8.39. The minimum Gasteiger partial charge on any atom is -0.455 e. The molecule has 360 valence electrons. The van der Waals surface area contributed by atoms with Crippen molar-refractivity contribution in [2.45, 2.75) is 83.7 Å². The van der Waals surface area contributed by atoms with E-state index in [0.29, 0.717) is 53.0 Å². The molecule has 22 heteroatoms. The van der Waals surface area contributed by atoms with Crippen molar-refractivity contribution in [3.8, 4) is 11.5 Å². The second-order valence-corrected chi connectivity index (χ2v) is 21.8. The maximum atomic E-state index is 17.3. The molecule has 6 heterocycles. The number of imide groups is 1. The number of ether oxygens (including phenoxy) is 1. The zero-order chi connectivity index (χ0) is 49.3. The Kier molecular flexibility index (Phi) is 11.1. The Balaban J connectivity index is 1.36. The van der Waals surface area contributed by atoms with E-state index >= 15 is 17.6 Å². The molecule has 3 aromatic rings. The Labute approximate surface area is 387 Å². The molecule has 3 aromatic carbocycles. The number of carbonyl (C=O) groups excluding carboxylic acids is 4. The summed E-state index contributed by atoms with van der Waals surface area (Å²) >= 11 is 0. The number of hydrogen-bond donors (Lipinski definition) is 2. The number of amides is 3. The van der Waals surface area contributed by atoms with E-state index in [0.717, 1.165) is 7.05 Å². The first-order valence-corrected chi connectivity index (χ1v) is 24.9. The largest absolute Gasteiger partial charge is 0.455 e. The molecule has 0 aromatic heterocycles. The average molecular weight is 986 g/mol. The number of rotatable bonds is 10. The van der Waals surface area contributed by atoms with Gasteiger partial charge in [0.15, 0.2) is 28.8 Å². The van der Waals surface area contributed by atoms with Crippen molar-refractivity contribution < 1.29 is 72.3 Å². The highest BCUT2D eigenvalue weighted by Gasteiger charge is 2.45. The molecule has 1 saturated heterocycles. The summed E-state index contributed by atoms with van der Waals surface area (Å²) < 4.78 is 145.